The third-order valence-corrected chi connectivity index (χ3v) is 5.72. The number of guanidine groups is 1. The van der Waals surface area contributed by atoms with Gasteiger partial charge in [0.2, 0.25) is 0 Å². The predicted molar refractivity (Wildman–Crippen MR) is 118 cm³/mol. The second-order valence-electron chi connectivity index (χ2n) is 7.46. The maximum absolute atomic E-state index is 12.3. The quantitative estimate of drug-likeness (QED) is 0.300. The second-order valence-corrected chi connectivity index (χ2v) is 7.46. The highest BCUT2D eigenvalue weighted by molar-refractivity contribution is 5.97. The van der Waals surface area contributed by atoms with E-state index in [9.17, 15) is 9.90 Å². The van der Waals surface area contributed by atoms with E-state index in [0.29, 0.717) is 19.6 Å². The van der Waals surface area contributed by atoms with Gasteiger partial charge in [-0.1, -0.05) is 26.0 Å². The fraction of sp³-hybridized carbons (Fsp3) is 0.636. The van der Waals surface area contributed by atoms with E-state index in [1.165, 1.54) is 0 Å². The number of hydrogen-bond donors (Lipinski definition) is 3. The number of benzene rings is 1. The summed E-state index contributed by atoms with van der Waals surface area (Å²) in [4.78, 5) is 18.8. The van der Waals surface area contributed by atoms with Gasteiger partial charge < -0.3 is 25.4 Å². The van der Waals surface area contributed by atoms with Crippen molar-refractivity contribution in [3.8, 4) is 5.75 Å². The van der Waals surface area contributed by atoms with Crippen LogP contribution >= 0.6 is 0 Å². The van der Waals surface area contributed by atoms with Crippen LogP contribution in [0.4, 0.5) is 5.69 Å². The summed E-state index contributed by atoms with van der Waals surface area (Å²) in [6, 6.07) is 7.64. The molecule has 0 aliphatic carbocycles. The average Bonchev–Trinajstić information content (AvgIpc) is 2.75. The molecule has 7 nitrogen and oxygen atoms in total. The molecule has 1 heterocycles. The van der Waals surface area contributed by atoms with Gasteiger partial charge in [-0.05, 0) is 50.2 Å². The van der Waals surface area contributed by atoms with Crippen molar-refractivity contribution in [2.24, 2.45) is 10.4 Å². The number of aliphatic hydroxyl groups is 1. The Bertz CT molecular complexity index is 674. The summed E-state index contributed by atoms with van der Waals surface area (Å²) in [5.74, 6) is 1.53. The van der Waals surface area contributed by atoms with Crippen LogP contribution in [0.15, 0.2) is 29.3 Å². The number of amides is 1. The molecular formula is C22H36N4O3. The summed E-state index contributed by atoms with van der Waals surface area (Å²) in [6.45, 7) is 9.46. The summed E-state index contributed by atoms with van der Waals surface area (Å²) in [5, 5.41) is 16.1. The molecule has 0 saturated heterocycles. The van der Waals surface area contributed by atoms with Crippen molar-refractivity contribution in [2.75, 3.05) is 44.3 Å². The number of hydrogen-bond acceptors (Lipinski definition) is 4. The largest absolute Gasteiger partial charge is 0.482 e. The van der Waals surface area contributed by atoms with E-state index in [1.807, 2.05) is 31.2 Å². The van der Waals surface area contributed by atoms with Crippen LogP contribution in [0.2, 0.25) is 0 Å². The van der Waals surface area contributed by atoms with Gasteiger partial charge in [-0.2, -0.15) is 0 Å². The number of carbonyl (C=O) groups is 1. The Morgan fingerprint density at radius 3 is 2.69 bits per heavy atom. The predicted octanol–water partition coefficient (Wildman–Crippen LogP) is 2.55. The minimum Gasteiger partial charge on any atom is -0.482 e. The van der Waals surface area contributed by atoms with Gasteiger partial charge in [-0.25, -0.2) is 0 Å². The summed E-state index contributed by atoms with van der Waals surface area (Å²) in [6.07, 6.45) is 3.55. The SMILES string of the molecule is CCNC(=NCC(CC)(CC)CCO)NCCCN1C(=O)COc2ccccc21. The summed E-state index contributed by atoms with van der Waals surface area (Å²) >= 11 is 0. The Kier molecular flexibility index (Phi) is 9.25. The van der Waals surface area contributed by atoms with E-state index in [2.05, 4.69) is 24.5 Å². The zero-order valence-electron chi connectivity index (χ0n) is 18.0. The fourth-order valence-electron chi connectivity index (χ4n) is 3.57. The van der Waals surface area contributed by atoms with Crippen molar-refractivity contribution < 1.29 is 14.6 Å². The minimum atomic E-state index is -0.0102. The Morgan fingerprint density at radius 2 is 2.00 bits per heavy atom. The number of ether oxygens (including phenoxy) is 1. The van der Waals surface area contributed by atoms with E-state index in [-0.39, 0.29) is 24.5 Å². The summed E-state index contributed by atoms with van der Waals surface area (Å²) < 4.78 is 5.49. The standard InChI is InChI=1S/C22H36N4O3/c1-4-22(5-2,12-15-27)17-25-21(23-6-3)24-13-9-14-26-18-10-7-8-11-19(18)29-16-20(26)28/h7-8,10-11,27H,4-6,9,12-17H2,1-3H3,(H2,23,24,25). The van der Waals surface area contributed by atoms with Gasteiger partial charge in [0.25, 0.3) is 5.91 Å². The molecule has 0 saturated carbocycles. The second kappa shape index (κ2) is 11.7. The van der Waals surface area contributed by atoms with E-state index >= 15 is 0 Å². The average molecular weight is 405 g/mol. The van der Waals surface area contributed by atoms with E-state index in [1.54, 1.807) is 4.90 Å². The molecule has 7 heteroatoms. The van der Waals surface area contributed by atoms with Crippen molar-refractivity contribution in [1.82, 2.24) is 10.6 Å². The van der Waals surface area contributed by atoms with Gasteiger partial charge in [0.1, 0.15) is 5.75 Å². The lowest BCUT2D eigenvalue weighted by Crippen LogP contribution is -2.42. The summed E-state index contributed by atoms with van der Waals surface area (Å²) in [5.41, 5.74) is 0.880. The topological polar surface area (TPSA) is 86.2 Å². The Labute approximate surface area is 174 Å². The zero-order valence-corrected chi connectivity index (χ0v) is 18.0. The van der Waals surface area contributed by atoms with Gasteiger partial charge in [-0.3, -0.25) is 9.79 Å². The number of nitrogens with zero attached hydrogens (tertiary/aromatic N) is 2. The van der Waals surface area contributed by atoms with Crippen molar-refractivity contribution in [2.45, 2.75) is 46.5 Å². The molecule has 1 aromatic carbocycles. The van der Waals surface area contributed by atoms with Crippen LogP contribution in [-0.2, 0) is 4.79 Å². The minimum absolute atomic E-state index is 0.0102. The van der Waals surface area contributed by atoms with Crippen molar-refractivity contribution >= 4 is 17.6 Å². The highest BCUT2D eigenvalue weighted by atomic mass is 16.5. The number of fused-ring (bicyclic) bond motifs is 1. The molecule has 1 aliphatic rings. The van der Waals surface area contributed by atoms with E-state index < -0.39 is 0 Å². The third-order valence-electron chi connectivity index (χ3n) is 5.72. The molecule has 0 atom stereocenters. The molecule has 0 aromatic heterocycles. The smallest absolute Gasteiger partial charge is 0.265 e. The van der Waals surface area contributed by atoms with Crippen LogP contribution < -0.4 is 20.3 Å². The van der Waals surface area contributed by atoms with Gasteiger partial charge in [0, 0.05) is 32.8 Å². The van der Waals surface area contributed by atoms with E-state index in [0.717, 1.165) is 49.6 Å². The molecule has 0 bridgehead atoms. The first kappa shape index (κ1) is 23.0. The Balaban J connectivity index is 1.90. The number of anilines is 1. The van der Waals surface area contributed by atoms with Crippen molar-refractivity contribution in [3.63, 3.8) is 0 Å². The molecule has 1 aliphatic heterocycles. The Hall–Kier alpha value is -2.28. The van der Waals surface area contributed by atoms with Gasteiger partial charge in [0.15, 0.2) is 12.6 Å². The number of aliphatic imine (C=N–C) groups is 1. The first-order valence-electron chi connectivity index (χ1n) is 10.7. The molecule has 3 N–H and O–H groups in total. The first-order chi connectivity index (χ1) is 14.1. The maximum atomic E-state index is 12.3. The van der Waals surface area contributed by atoms with Crippen LogP contribution in [0.5, 0.6) is 5.75 Å². The van der Waals surface area contributed by atoms with E-state index in [4.69, 9.17) is 9.73 Å². The maximum Gasteiger partial charge on any atom is 0.265 e. The number of para-hydroxylation sites is 2. The van der Waals surface area contributed by atoms with Gasteiger partial charge in [0.05, 0.1) is 5.69 Å². The van der Waals surface area contributed by atoms with Crippen LogP contribution in [-0.4, -0.2) is 56.4 Å². The number of carbonyl (C=O) groups excluding carboxylic acids is 1. The molecule has 2 rings (SSSR count). The van der Waals surface area contributed by atoms with Crippen LogP contribution in [0.3, 0.4) is 0 Å². The molecule has 0 fully saturated rings. The number of nitrogens with one attached hydrogen (secondary N) is 2. The molecular weight excluding hydrogens is 368 g/mol. The monoisotopic (exact) mass is 404 g/mol. The summed E-state index contributed by atoms with van der Waals surface area (Å²) in [7, 11) is 0. The molecule has 162 valence electrons. The van der Waals surface area contributed by atoms with Crippen LogP contribution in [0.25, 0.3) is 0 Å². The van der Waals surface area contributed by atoms with Crippen molar-refractivity contribution in [3.05, 3.63) is 24.3 Å². The first-order valence-corrected chi connectivity index (χ1v) is 10.7. The fourth-order valence-corrected chi connectivity index (χ4v) is 3.57. The molecule has 0 unspecified atom stereocenters. The number of aliphatic hydroxyl groups excluding tert-OH is 1. The molecule has 0 spiro atoms. The molecule has 29 heavy (non-hydrogen) atoms. The lowest BCUT2D eigenvalue weighted by Gasteiger charge is -2.30. The van der Waals surface area contributed by atoms with Crippen molar-refractivity contribution in [1.29, 1.82) is 0 Å². The molecule has 1 aromatic rings. The Morgan fingerprint density at radius 1 is 1.24 bits per heavy atom. The highest BCUT2D eigenvalue weighted by Crippen LogP contribution is 2.32. The van der Waals surface area contributed by atoms with Gasteiger partial charge in [-0.15, -0.1) is 0 Å². The third kappa shape index (κ3) is 6.35. The highest BCUT2D eigenvalue weighted by Gasteiger charge is 2.26. The normalized spacial score (nSPS) is 14.4. The molecule has 0 radical (unpaired) electrons. The van der Waals surface area contributed by atoms with Gasteiger partial charge >= 0.3 is 0 Å². The number of rotatable bonds is 11. The van der Waals surface area contributed by atoms with Crippen LogP contribution in [0, 0.1) is 5.41 Å². The van der Waals surface area contributed by atoms with Crippen LogP contribution in [0.1, 0.15) is 46.5 Å². The lowest BCUT2D eigenvalue weighted by atomic mass is 9.79. The zero-order chi connectivity index (χ0) is 21.1. The lowest BCUT2D eigenvalue weighted by molar-refractivity contribution is -0.121. The molecule has 1 amide bonds.